The van der Waals surface area contributed by atoms with Crippen LogP contribution in [0, 0.1) is 12.8 Å². The number of aliphatic hydroxyl groups is 1. The van der Waals surface area contributed by atoms with Crippen molar-refractivity contribution >= 4 is 46.0 Å². The third-order valence-electron chi connectivity index (χ3n) is 5.57. The van der Waals surface area contributed by atoms with Crippen molar-refractivity contribution in [1.82, 2.24) is 20.3 Å². The molecule has 1 amide bonds. The van der Waals surface area contributed by atoms with Gasteiger partial charge in [-0.1, -0.05) is 43.7 Å². The number of aryl methyl sites for hydroxylation is 1. The fraction of sp³-hybridized carbons (Fsp3) is 0.214. The molecule has 0 aliphatic rings. The second-order valence-corrected chi connectivity index (χ2v) is 9.25. The molecule has 4 aromatic rings. The second kappa shape index (κ2) is 11.8. The molecule has 0 aliphatic carbocycles. The second-order valence-electron chi connectivity index (χ2n) is 8.84. The number of nitrogens with zero attached hydrogens (tertiary/aromatic N) is 3. The maximum absolute atomic E-state index is 11.9. The molecule has 0 spiro atoms. The van der Waals surface area contributed by atoms with Gasteiger partial charge in [0.25, 0.3) is 0 Å². The lowest BCUT2D eigenvalue weighted by Crippen LogP contribution is -2.37. The van der Waals surface area contributed by atoms with Crippen molar-refractivity contribution in [2.24, 2.45) is 5.92 Å². The quantitative estimate of drug-likeness (QED) is 0.262. The average molecular weight is 518 g/mol. The number of carbonyl (C=O) groups excluding carboxylic acids is 1. The highest BCUT2D eigenvalue weighted by Crippen LogP contribution is 2.33. The molecule has 190 valence electrons. The number of benzene rings is 2. The Morgan fingerprint density at radius 1 is 1.11 bits per heavy atom. The molecule has 2 aromatic heterocycles. The van der Waals surface area contributed by atoms with Crippen LogP contribution in [0.1, 0.15) is 25.1 Å². The van der Waals surface area contributed by atoms with Gasteiger partial charge in [-0.25, -0.2) is 9.97 Å². The van der Waals surface area contributed by atoms with E-state index in [2.05, 4.69) is 25.6 Å². The molecule has 0 fully saturated rings. The molecule has 0 saturated carbocycles. The Morgan fingerprint density at radius 3 is 2.68 bits per heavy atom. The third kappa shape index (κ3) is 6.81. The van der Waals surface area contributed by atoms with Crippen molar-refractivity contribution in [1.29, 1.82) is 0 Å². The van der Waals surface area contributed by atoms with E-state index < -0.39 is 6.10 Å². The molecule has 1 atom stereocenters. The van der Waals surface area contributed by atoms with Gasteiger partial charge in [-0.3, -0.25) is 9.78 Å². The highest BCUT2D eigenvalue weighted by atomic mass is 35.5. The summed E-state index contributed by atoms with van der Waals surface area (Å²) >= 11 is 6.48. The van der Waals surface area contributed by atoms with Crippen molar-refractivity contribution in [3.8, 4) is 11.5 Å². The van der Waals surface area contributed by atoms with Gasteiger partial charge in [0.05, 0.1) is 16.7 Å². The smallest absolute Gasteiger partial charge is 0.249 e. The first-order chi connectivity index (χ1) is 17.8. The third-order valence-corrected chi connectivity index (χ3v) is 5.87. The van der Waals surface area contributed by atoms with Crippen molar-refractivity contribution in [3.63, 3.8) is 0 Å². The Balaban J connectivity index is 1.47. The van der Waals surface area contributed by atoms with Gasteiger partial charge in [0.1, 0.15) is 29.7 Å². The number of anilines is 2. The Bertz CT molecular complexity index is 1420. The van der Waals surface area contributed by atoms with Gasteiger partial charge in [-0.2, -0.15) is 0 Å². The average Bonchev–Trinajstić information content (AvgIpc) is 2.89. The van der Waals surface area contributed by atoms with E-state index in [1.807, 2.05) is 55.5 Å². The first kappa shape index (κ1) is 26.1. The Morgan fingerprint density at radius 2 is 1.95 bits per heavy atom. The van der Waals surface area contributed by atoms with Crippen LogP contribution in [0.5, 0.6) is 11.5 Å². The number of halogens is 1. The largest absolute Gasteiger partial charge is 0.454 e. The number of aliphatic hydroxyl groups excluding tert-OH is 1. The van der Waals surface area contributed by atoms with Crippen LogP contribution in [-0.4, -0.2) is 38.6 Å². The maximum Gasteiger partial charge on any atom is 0.249 e. The number of hydrogen-bond acceptors (Lipinski definition) is 7. The van der Waals surface area contributed by atoms with E-state index in [9.17, 15) is 9.90 Å². The molecule has 1 unspecified atom stereocenters. The summed E-state index contributed by atoms with van der Waals surface area (Å²) in [6, 6.07) is 14.9. The molecule has 4 rings (SSSR count). The number of carbonyl (C=O) groups is 1. The minimum absolute atomic E-state index is 0.139. The first-order valence-electron chi connectivity index (χ1n) is 11.8. The number of ether oxygens (including phenoxy) is 1. The van der Waals surface area contributed by atoms with Gasteiger partial charge in [0, 0.05) is 23.3 Å². The fourth-order valence-electron chi connectivity index (χ4n) is 3.48. The Kier molecular flexibility index (Phi) is 8.32. The van der Waals surface area contributed by atoms with Crippen LogP contribution in [0.3, 0.4) is 0 Å². The van der Waals surface area contributed by atoms with Gasteiger partial charge < -0.3 is 20.5 Å². The molecule has 0 bridgehead atoms. The Labute approximate surface area is 220 Å². The lowest BCUT2D eigenvalue weighted by molar-refractivity contribution is -0.131. The summed E-state index contributed by atoms with van der Waals surface area (Å²) in [4.78, 5) is 24.9. The van der Waals surface area contributed by atoms with Crippen LogP contribution < -0.4 is 15.4 Å². The van der Waals surface area contributed by atoms with E-state index in [1.54, 1.807) is 32.2 Å². The molecule has 2 heterocycles. The molecular formula is C28H28ClN5O3. The van der Waals surface area contributed by atoms with Crippen molar-refractivity contribution in [2.75, 3.05) is 11.9 Å². The molecular weight excluding hydrogens is 490 g/mol. The van der Waals surface area contributed by atoms with Gasteiger partial charge >= 0.3 is 0 Å². The predicted octanol–water partition coefficient (Wildman–Crippen LogP) is 5.67. The van der Waals surface area contributed by atoms with Crippen LogP contribution in [0.25, 0.3) is 17.0 Å². The predicted molar refractivity (Wildman–Crippen MR) is 146 cm³/mol. The molecule has 37 heavy (non-hydrogen) atoms. The summed E-state index contributed by atoms with van der Waals surface area (Å²) in [6.07, 6.45) is 5.85. The van der Waals surface area contributed by atoms with E-state index in [1.165, 1.54) is 6.33 Å². The summed E-state index contributed by atoms with van der Waals surface area (Å²) < 4.78 is 5.85. The van der Waals surface area contributed by atoms with Gasteiger partial charge in [0.2, 0.25) is 5.91 Å². The van der Waals surface area contributed by atoms with Crippen LogP contribution in [0.15, 0.2) is 67.1 Å². The van der Waals surface area contributed by atoms with E-state index in [0.29, 0.717) is 28.9 Å². The number of amides is 1. The lowest BCUT2D eigenvalue weighted by atomic mass is 10.1. The minimum atomic E-state index is -1.02. The monoisotopic (exact) mass is 517 g/mol. The number of rotatable bonds is 9. The van der Waals surface area contributed by atoms with Gasteiger partial charge in [-0.15, -0.1) is 0 Å². The first-order valence-corrected chi connectivity index (χ1v) is 12.2. The molecule has 0 radical (unpaired) electrons. The van der Waals surface area contributed by atoms with E-state index >= 15 is 0 Å². The summed E-state index contributed by atoms with van der Waals surface area (Å²) in [5, 5.41) is 17.1. The van der Waals surface area contributed by atoms with Crippen LogP contribution in [0.2, 0.25) is 5.02 Å². The molecule has 9 heteroatoms. The van der Waals surface area contributed by atoms with Gasteiger partial charge in [0.15, 0.2) is 0 Å². The summed E-state index contributed by atoms with van der Waals surface area (Å²) in [7, 11) is 0. The zero-order chi connectivity index (χ0) is 26.4. The van der Waals surface area contributed by atoms with E-state index in [4.69, 9.17) is 16.3 Å². The lowest BCUT2D eigenvalue weighted by Gasteiger charge is -2.13. The summed E-state index contributed by atoms with van der Waals surface area (Å²) in [5.74, 6) is 1.22. The highest BCUT2D eigenvalue weighted by molar-refractivity contribution is 6.32. The van der Waals surface area contributed by atoms with Crippen LogP contribution >= 0.6 is 11.6 Å². The molecule has 0 aliphatic heterocycles. The fourth-order valence-corrected chi connectivity index (χ4v) is 3.70. The highest BCUT2D eigenvalue weighted by Gasteiger charge is 2.17. The number of aromatic nitrogens is 3. The minimum Gasteiger partial charge on any atom is -0.454 e. The number of hydrogen-bond donors (Lipinski definition) is 3. The van der Waals surface area contributed by atoms with Gasteiger partial charge in [-0.05, 0) is 60.9 Å². The standard InChI is InChI=1S/C28H28ClN5O3/c1-17(2)26(35)28(36)30-12-4-5-19-7-10-24-22(13-19)27(33-16-32-24)34-20-8-11-25(23(29)14-20)37-21-9-6-18(3)31-15-21/h4-11,13-17,26,35H,12H2,1-3H3,(H,30,36)(H,32,33,34)/b5-4+. The molecule has 3 N–H and O–H groups in total. The Hall–Kier alpha value is -4.01. The van der Waals surface area contributed by atoms with E-state index in [0.717, 1.165) is 27.8 Å². The number of nitrogens with one attached hydrogen (secondary N) is 2. The van der Waals surface area contributed by atoms with E-state index in [-0.39, 0.29) is 11.8 Å². The SMILES string of the molecule is Cc1ccc(Oc2ccc(Nc3ncnc4ccc(/C=C/CNC(=O)C(O)C(C)C)cc34)cc2Cl)cn1. The zero-order valence-electron chi connectivity index (χ0n) is 20.8. The molecule has 8 nitrogen and oxygen atoms in total. The summed E-state index contributed by atoms with van der Waals surface area (Å²) in [6.45, 7) is 5.81. The van der Waals surface area contributed by atoms with Crippen molar-refractivity contribution < 1.29 is 14.6 Å². The zero-order valence-corrected chi connectivity index (χ0v) is 21.5. The molecule has 2 aromatic carbocycles. The number of pyridine rings is 1. The summed E-state index contributed by atoms with van der Waals surface area (Å²) in [5.41, 5.74) is 3.34. The molecule has 0 saturated heterocycles. The number of fused-ring (bicyclic) bond motifs is 1. The maximum atomic E-state index is 11.9. The van der Waals surface area contributed by atoms with Crippen LogP contribution in [-0.2, 0) is 4.79 Å². The van der Waals surface area contributed by atoms with Crippen molar-refractivity contribution in [2.45, 2.75) is 26.9 Å². The van der Waals surface area contributed by atoms with Crippen molar-refractivity contribution in [3.05, 3.63) is 83.4 Å². The van der Waals surface area contributed by atoms with Crippen LogP contribution in [0.4, 0.5) is 11.5 Å². The normalized spacial score (nSPS) is 12.2. The topological polar surface area (TPSA) is 109 Å².